The van der Waals surface area contributed by atoms with Crippen LogP contribution in [0.15, 0.2) is 0 Å². The lowest BCUT2D eigenvalue weighted by molar-refractivity contribution is -0.141. The van der Waals surface area contributed by atoms with Crippen LogP contribution >= 0.6 is 11.8 Å². The first-order valence-corrected chi connectivity index (χ1v) is 8.70. The molecule has 0 aromatic heterocycles. The number of β-amino-alcohol motifs (C(OH)–C–C–N with tert-alkyl or cyclic N) is 1. The number of carboxylic acid groups (broad SMARTS) is 1. The summed E-state index contributed by atoms with van der Waals surface area (Å²) in [5, 5.41) is 21.6. The summed E-state index contributed by atoms with van der Waals surface area (Å²) >= 11 is 1.79. The number of hydrogen-bond acceptors (Lipinski definition) is 4. The van der Waals surface area contributed by atoms with Crippen LogP contribution in [0.25, 0.3) is 0 Å². The van der Waals surface area contributed by atoms with Crippen molar-refractivity contribution in [3.63, 3.8) is 0 Å². The van der Waals surface area contributed by atoms with Gasteiger partial charge >= 0.3 is 12.0 Å². The molecule has 1 heterocycles. The van der Waals surface area contributed by atoms with Gasteiger partial charge in [0.2, 0.25) is 0 Å². The predicted molar refractivity (Wildman–Crippen MR) is 81.5 cm³/mol. The van der Waals surface area contributed by atoms with E-state index in [9.17, 15) is 14.7 Å². The van der Waals surface area contributed by atoms with E-state index in [-0.39, 0.29) is 23.7 Å². The molecule has 0 radical (unpaired) electrons. The Morgan fingerprint density at radius 2 is 2.00 bits per heavy atom. The molecule has 2 fully saturated rings. The van der Waals surface area contributed by atoms with E-state index < -0.39 is 18.1 Å². The van der Waals surface area contributed by atoms with Gasteiger partial charge in [0.1, 0.15) is 6.04 Å². The molecular weight excluding hydrogens is 292 g/mol. The molecule has 1 aliphatic carbocycles. The number of carbonyl (C=O) groups excluding carboxylic acids is 1. The molecule has 21 heavy (non-hydrogen) atoms. The molecular formula is C14H24N2O4S. The Labute approximate surface area is 129 Å². The minimum absolute atomic E-state index is 0.0744. The first kappa shape index (κ1) is 16.4. The van der Waals surface area contributed by atoms with Crippen molar-refractivity contribution >= 4 is 23.8 Å². The van der Waals surface area contributed by atoms with Crippen molar-refractivity contribution in [3.8, 4) is 0 Å². The van der Waals surface area contributed by atoms with Crippen molar-refractivity contribution in [2.24, 2.45) is 0 Å². The first-order valence-electron chi connectivity index (χ1n) is 7.48. The Morgan fingerprint density at radius 1 is 1.33 bits per heavy atom. The maximum atomic E-state index is 12.2. The second kappa shape index (κ2) is 6.87. The molecule has 0 spiro atoms. The van der Waals surface area contributed by atoms with E-state index in [2.05, 4.69) is 11.6 Å². The molecule has 7 heteroatoms. The lowest BCUT2D eigenvalue weighted by atomic mass is 9.88. The van der Waals surface area contributed by atoms with Gasteiger partial charge in [-0.25, -0.2) is 9.59 Å². The third-order valence-electron chi connectivity index (χ3n) is 4.58. The topological polar surface area (TPSA) is 89.9 Å². The van der Waals surface area contributed by atoms with Crippen molar-refractivity contribution < 1.29 is 19.8 Å². The summed E-state index contributed by atoms with van der Waals surface area (Å²) in [6.07, 6.45) is 7.19. The van der Waals surface area contributed by atoms with Crippen LogP contribution in [0.2, 0.25) is 0 Å². The summed E-state index contributed by atoms with van der Waals surface area (Å²) < 4.78 is 0.0744. The van der Waals surface area contributed by atoms with Crippen LogP contribution in [0.4, 0.5) is 4.79 Å². The number of carbonyl (C=O) groups is 2. The number of likely N-dealkylation sites (tertiary alicyclic amines) is 1. The fourth-order valence-corrected chi connectivity index (χ4v) is 4.17. The van der Waals surface area contributed by atoms with Crippen molar-refractivity contribution in [2.45, 2.75) is 55.4 Å². The Bertz CT molecular complexity index is 398. The van der Waals surface area contributed by atoms with E-state index in [1.165, 1.54) is 24.2 Å². The maximum absolute atomic E-state index is 12.2. The van der Waals surface area contributed by atoms with Crippen LogP contribution in [-0.2, 0) is 4.79 Å². The zero-order valence-electron chi connectivity index (χ0n) is 12.4. The van der Waals surface area contributed by atoms with Gasteiger partial charge in [0.05, 0.1) is 6.10 Å². The Hall–Kier alpha value is -0.950. The number of thioether (sulfide) groups is 1. The maximum Gasteiger partial charge on any atom is 0.326 e. The molecule has 2 amide bonds. The molecule has 2 rings (SSSR count). The fourth-order valence-electron chi connectivity index (χ4n) is 3.26. The lowest BCUT2D eigenvalue weighted by Crippen LogP contribution is -2.50. The van der Waals surface area contributed by atoms with Crippen molar-refractivity contribution in [1.29, 1.82) is 0 Å². The van der Waals surface area contributed by atoms with Gasteiger partial charge in [0.25, 0.3) is 0 Å². The SMILES string of the molecule is CSC1(CNC(=O)N2CC(O)CC2C(=O)O)CCCCC1. The number of nitrogens with zero attached hydrogens (tertiary/aromatic N) is 1. The summed E-state index contributed by atoms with van der Waals surface area (Å²) in [6, 6.07) is -1.30. The van der Waals surface area contributed by atoms with Gasteiger partial charge in [-0.3, -0.25) is 0 Å². The van der Waals surface area contributed by atoms with Crippen LogP contribution in [0.1, 0.15) is 38.5 Å². The third-order valence-corrected chi connectivity index (χ3v) is 6.00. The molecule has 1 aliphatic heterocycles. The highest BCUT2D eigenvalue weighted by atomic mass is 32.2. The second-order valence-corrected chi connectivity index (χ2v) is 7.28. The number of aliphatic hydroxyl groups is 1. The van der Waals surface area contributed by atoms with Gasteiger partial charge in [-0.15, -0.1) is 0 Å². The number of rotatable bonds is 4. The van der Waals surface area contributed by atoms with Gasteiger partial charge in [0.15, 0.2) is 0 Å². The molecule has 120 valence electrons. The summed E-state index contributed by atoms with van der Waals surface area (Å²) in [6.45, 7) is 0.654. The molecule has 3 N–H and O–H groups in total. The molecule has 0 aromatic rings. The highest BCUT2D eigenvalue weighted by Gasteiger charge is 2.40. The quantitative estimate of drug-likeness (QED) is 0.727. The number of amides is 2. The van der Waals surface area contributed by atoms with Crippen molar-refractivity contribution in [2.75, 3.05) is 19.3 Å². The predicted octanol–water partition coefficient (Wildman–Crippen LogP) is 1.28. The summed E-state index contributed by atoms with van der Waals surface area (Å²) in [4.78, 5) is 24.6. The minimum atomic E-state index is -1.06. The number of nitrogens with one attached hydrogen (secondary N) is 1. The molecule has 2 atom stereocenters. The van der Waals surface area contributed by atoms with E-state index in [0.29, 0.717) is 6.54 Å². The highest BCUT2D eigenvalue weighted by Crippen LogP contribution is 2.38. The third kappa shape index (κ3) is 3.83. The smallest absolute Gasteiger partial charge is 0.326 e. The van der Waals surface area contributed by atoms with E-state index in [1.807, 2.05) is 0 Å². The average Bonchev–Trinajstić information content (AvgIpc) is 2.88. The Kier molecular flexibility index (Phi) is 5.37. The van der Waals surface area contributed by atoms with Gasteiger partial charge < -0.3 is 20.4 Å². The van der Waals surface area contributed by atoms with Gasteiger partial charge in [-0.05, 0) is 19.1 Å². The summed E-state index contributed by atoms with van der Waals surface area (Å²) in [5.74, 6) is -1.06. The van der Waals surface area contributed by atoms with Gasteiger partial charge in [-0.2, -0.15) is 11.8 Å². The van der Waals surface area contributed by atoms with Crippen molar-refractivity contribution in [1.82, 2.24) is 10.2 Å². The second-order valence-electron chi connectivity index (χ2n) is 6.00. The number of hydrogen-bond donors (Lipinski definition) is 3. The van der Waals surface area contributed by atoms with Crippen LogP contribution in [0, 0.1) is 0 Å². The average molecular weight is 316 g/mol. The van der Waals surface area contributed by atoms with Gasteiger partial charge in [-0.1, -0.05) is 19.3 Å². The molecule has 1 saturated carbocycles. The van der Waals surface area contributed by atoms with E-state index in [0.717, 1.165) is 12.8 Å². The minimum Gasteiger partial charge on any atom is -0.480 e. The van der Waals surface area contributed by atoms with Crippen LogP contribution < -0.4 is 5.32 Å². The normalized spacial score (nSPS) is 28.4. The zero-order valence-corrected chi connectivity index (χ0v) is 13.2. The largest absolute Gasteiger partial charge is 0.480 e. The Balaban J connectivity index is 1.92. The standard InChI is InChI=1S/C14H24N2O4S/c1-21-14(5-3-2-4-6-14)9-15-13(20)16-8-10(17)7-11(16)12(18)19/h10-11,17H,2-9H2,1H3,(H,15,20)(H,18,19). The molecule has 2 aliphatic rings. The van der Waals surface area contributed by atoms with Crippen molar-refractivity contribution in [3.05, 3.63) is 0 Å². The lowest BCUT2D eigenvalue weighted by Gasteiger charge is -2.36. The summed E-state index contributed by atoms with van der Waals surface area (Å²) in [7, 11) is 0. The number of aliphatic hydroxyl groups excluding tert-OH is 1. The van der Waals surface area contributed by atoms with Gasteiger partial charge in [0, 0.05) is 24.3 Å². The van der Waals surface area contributed by atoms with E-state index >= 15 is 0 Å². The number of urea groups is 1. The molecule has 1 saturated heterocycles. The first-order chi connectivity index (χ1) is 9.97. The van der Waals surface area contributed by atoms with E-state index in [4.69, 9.17) is 5.11 Å². The number of aliphatic carboxylic acids is 1. The highest BCUT2D eigenvalue weighted by molar-refractivity contribution is 8.00. The number of carboxylic acids is 1. The zero-order chi connectivity index (χ0) is 15.5. The summed E-state index contributed by atoms with van der Waals surface area (Å²) in [5.41, 5.74) is 0. The monoisotopic (exact) mass is 316 g/mol. The Morgan fingerprint density at radius 3 is 2.57 bits per heavy atom. The van der Waals surface area contributed by atoms with Crippen LogP contribution in [0.5, 0.6) is 0 Å². The van der Waals surface area contributed by atoms with E-state index in [1.54, 1.807) is 11.8 Å². The van der Waals surface area contributed by atoms with Crippen LogP contribution in [-0.4, -0.2) is 63.4 Å². The molecule has 0 aromatic carbocycles. The molecule has 0 bridgehead atoms. The molecule has 6 nitrogen and oxygen atoms in total. The van der Waals surface area contributed by atoms with Crippen LogP contribution in [0.3, 0.4) is 0 Å². The fraction of sp³-hybridized carbons (Fsp3) is 0.857. The molecule has 2 unspecified atom stereocenters.